The fourth-order valence-corrected chi connectivity index (χ4v) is 4.32. The van der Waals surface area contributed by atoms with Crippen LogP contribution in [-0.2, 0) is 30.5 Å². The first-order valence-corrected chi connectivity index (χ1v) is 13.7. The molecule has 212 valence electrons. The number of carbonyl (C=O) groups excluding carboxylic acids is 3. The van der Waals surface area contributed by atoms with Crippen LogP contribution >= 0.6 is 0 Å². The maximum absolute atomic E-state index is 13.4. The van der Waals surface area contributed by atoms with Crippen molar-refractivity contribution in [3.8, 4) is 0 Å². The third-order valence-electron chi connectivity index (χ3n) is 6.52. The van der Waals surface area contributed by atoms with E-state index in [0.717, 1.165) is 16.7 Å². The van der Waals surface area contributed by atoms with E-state index >= 15 is 0 Å². The second kappa shape index (κ2) is 16.6. The summed E-state index contributed by atoms with van der Waals surface area (Å²) < 4.78 is 5.58. The zero-order chi connectivity index (χ0) is 28.6. The molecule has 0 bridgehead atoms. The van der Waals surface area contributed by atoms with Crippen molar-refractivity contribution in [1.82, 2.24) is 10.3 Å². The molecule has 1 heterocycles. The van der Waals surface area contributed by atoms with Crippen LogP contribution in [-0.4, -0.2) is 46.6 Å². The molecular formula is C31H37N3O6. The lowest BCUT2D eigenvalue weighted by Crippen LogP contribution is -2.37. The summed E-state index contributed by atoms with van der Waals surface area (Å²) in [6.07, 6.45) is 9.51. The van der Waals surface area contributed by atoms with Gasteiger partial charge < -0.3 is 14.7 Å². The molecule has 0 radical (unpaired) electrons. The first kappa shape index (κ1) is 30.3. The quantitative estimate of drug-likeness (QED) is 0.135. The number of hydrazone groups is 1. The van der Waals surface area contributed by atoms with Crippen LogP contribution in [0.15, 0.2) is 71.9 Å². The molecular weight excluding hydrogens is 510 g/mol. The topological polar surface area (TPSA) is 125 Å². The second-order valence-corrected chi connectivity index (χ2v) is 9.67. The molecule has 0 unspecified atom stereocenters. The van der Waals surface area contributed by atoms with Gasteiger partial charge >= 0.3 is 11.9 Å². The van der Waals surface area contributed by atoms with Crippen molar-refractivity contribution in [3.05, 3.63) is 83.4 Å². The summed E-state index contributed by atoms with van der Waals surface area (Å²) in [5.74, 6) is -1.36. The highest BCUT2D eigenvalue weighted by Crippen LogP contribution is 2.26. The number of hydrogen-bond acceptors (Lipinski definition) is 6. The number of cyclic esters (lactones) is 1. The molecule has 3 rings (SSSR count). The molecule has 0 spiro atoms. The number of allylic oxidation sites excluding steroid dienone is 2. The SMILES string of the molecule is O=C(O)CCCCCC(=O)N/N=C/c1ccc(CN2C(=O)CC/C=C/CCC(=O)OC[C@@H]2c2ccccc2)cc1. The Balaban J connectivity index is 1.64. The number of unbranched alkanes of at least 4 members (excludes halogenated alkanes) is 2. The van der Waals surface area contributed by atoms with Gasteiger partial charge in [-0.15, -0.1) is 0 Å². The number of carbonyl (C=O) groups is 4. The highest BCUT2D eigenvalue weighted by atomic mass is 16.5. The highest BCUT2D eigenvalue weighted by Gasteiger charge is 2.26. The van der Waals surface area contributed by atoms with Gasteiger partial charge in [0.15, 0.2) is 0 Å². The van der Waals surface area contributed by atoms with Crippen LogP contribution in [0, 0.1) is 0 Å². The number of rotatable bonds is 11. The van der Waals surface area contributed by atoms with Gasteiger partial charge in [-0.25, -0.2) is 5.43 Å². The Kier molecular flexibility index (Phi) is 12.6. The molecule has 0 aromatic heterocycles. The number of nitrogens with one attached hydrogen (secondary N) is 1. The minimum absolute atomic E-state index is 0.0218. The van der Waals surface area contributed by atoms with E-state index < -0.39 is 12.0 Å². The molecule has 0 saturated heterocycles. The Morgan fingerprint density at radius 2 is 1.65 bits per heavy atom. The number of hydrogen-bond donors (Lipinski definition) is 2. The fraction of sp³-hybridized carbons (Fsp3) is 0.387. The van der Waals surface area contributed by atoms with Crippen molar-refractivity contribution in [2.45, 2.75) is 70.4 Å². The summed E-state index contributed by atoms with van der Waals surface area (Å²) in [5.41, 5.74) is 5.08. The van der Waals surface area contributed by atoms with E-state index in [0.29, 0.717) is 51.5 Å². The van der Waals surface area contributed by atoms with E-state index in [1.807, 2.05) is 66.7 Å². The minimum atomic E-state index is -0.830. The summed E-state index contributed by atoms with van der Waals surface area (Å²) in [4.78, 5) is 49.9. The first-order chi connectivity index (χ1) is 19.4. The summed E-state index contributed by atoms with van der Waals surface area (Å²) in [6, 6.07) is 16.7. The van der Waals surface area contributed by atoms with Gasteiger partial charge in [-0.05, 0) is 42.4 Å². The van der Waals surface area contributed by atoms with Gasteiger partial charge in [0, 0.05) is 32.2 Å². The minimum Gasteiger partial charge on any atom is -0.481 e. The molecule has 2 aromatic rings. The van der Waals surface area contributed by atoms with E-state index in [9.17, 15) is 19.2 Å². The monoisotopic (exact) mass is 547 g/mol. The number of benzene rings is 2. The maximum atomic E-state index is 13.4. The largest absolute Gasteiger partial charge is 0.481 e. The summed E-state index contributed by atoms with van der Waals surface area (Å²) in [6.45, 7) is 0.429. The van der Waals surface area contributed by atoms with Crippen molar-refractivity contribution in [2.24, 2.45) is 5.10 Å². The Bertz CT molecular complexity index is 1180. The second-order valence-electron chi connectivity index (χ2n) is 9.67. The van der Waals surface area contributed by atoms with E-state index in [4.69, 9.17) is 9.84 Å². The van der Waals surface area contributed by atoms with Crippen LogP contribution in [0.25, 0.3) is 0 Å². The first-order valence-electron chi connectivity index (χ1n) is 13.7. The summed E-state index contributed by atoms with van der Waals surface area (Å²) >= 11 is 0. The Morgan fingerprint density at radius 3 is 2.38 bits per heavy atom. The molecule has 0 fully saturated rings. The number of aliphatic carboxylic acids is 1. The van der Waals surface area contributed by atoms with Gasteiger partial charge in [0.25, 0.3) is 0 Å². The van der Waals surface area contributed by atoms with Crippen LogP contribution in [0.5, 0.6) is 0 Å². The standard InChI is InChI=1S/C31H37N3O6/c35-28(13-7-4-9-15-30(37)38)33-32-21-24-17-19-25(20-18-24)22-34-27(26-11-5-3-6-12-26)23-40-31(39)16-10-2-1-8-14-29(34)36/h1-3,5-6,11-12,17-21,27H,4,7-10,13-16,22-23H2,(H,33,35)(H,37,38)/b2-1+,32-21+/t27-/m1/s1. The van der Waals surface area contributed by atoms with Gasteiger partial charge in [-0.1, -0.05) is 73.2 Å². The Hall–Kier alpha value is -4.27. The number of esters is 1. The predicted octanol–water partition coefficient (Wildman–Crippen LogP) is 4.92. The lowest BCUT2D eigenvalue weighted by molar-refractivity contribution is -0.149. The molecule has 9 heteroatoms. The average molecular weight is 548 g/mol. The molecule has 40 heavy (non-hydrogen) atoms. The molecule has 2 N–H and O–H groups in total. The smallest absolute Gasteiger partial charge is 0.306 e. The normalized spacial score (nSPS) is 17.5. The highest BCUT2D eigenvalue weighted by molar-refractivity contribution is 5.82. The van der Waals surface area contributed by atoms with Gasteiger partial charge in [-0.3, -0.25) is 19.2 Å². The van der Waals surface area contributed by atoms with Crippen LogP contribution in [0.2, 0.25) is 0 Å². The Morgan fingerprint density at radius 1 is 0.950 bits per heavy atom. The van der Waals surface area contributed by atoms with Gasteiger partial charge in [-0.2, -0.15) is 5.10 Å². The summed E-state index contributed by atoms with van der Waals surface area (Å²) in [5, 5.41) is 12.7. The van der Waals surface area contributed by atoms with Crippen molar-refractivity contribution in [1.29, 1.82) is 0 Å². The lowest BCUT2D eigenvalue weighted by atomic mass is 10.0. The predicted molar refractivity (Wildman–Crippen MR) is 151 cm³/mol. The lowest BCUT2D eigenvalue weighted by Gasteiger charge is -2.32. The Labute approximate surface area is 234 Å². The van der Waals surface area contributed by atoms with E-state index in [-0.39, 0.29) is 37.2 Å². The van der Waals surface area contributed by atoms with Crippen molar-refractivity contribution in [3.63, 3.8) is 0 Å². The number of amides is 2. The zero-order valence-electron chi connectivity index (χ0n) is 22.7. The van der Waals surface area contributed by atoms with Gasteiger partial charge in [0.2, 0.25) is 11.8 Å². The number of ether oxygens (including phenoxy) is 1. The number of nitrogens with zero attached hydrogens (tertiary/aromatic N) is 2. The molecule has 1 aliphatic heterocycles. The van der Waals surface area contributed by atoms with Gasteiger partial charge in [0.1, 0.15) is 6.61 Å². The molecule has 0 aliphatic carbocycles. The van der Waals surface area contributed by atoms with Crippen LogP contribution in [0.1, 0.15) is 80.5 Å². The van der Waals surface area contributed by atoms with Crippen molar-refractivity contribution >= 4 is 30.0 Å². The average Bonchev–Trinajstić information content (AvgIpc) is 2.94. The molecule has 2 aromatic carbocycles. The zero-order valence-corrected chi connectivity index (χ0v) is 22.7. The van der Waals surface area contributed by atoms with Crippen LogP contribution in [0.3, 0.4) is 0 Å². The van der Waals surface area contributed by atoms with Gasteiger partial charge in [0.05, 0.1) is 12.3 Å². The fourth-order valence-electron chi connectivity index (χ4n) is 4.32. The number of carboxylic acids is 1. The maximum Gasteiger partial charge on any atom is 0.306 e. The number of carboxylic acid groups (broad SMARTS) is 1. The van der Waals surface area contributed by atoms with Crippen LogP contribution in [0.4, 0.5) is 0 Å². The van der Waals surface area contributed by atoms with E-state index in [1.165, 1.54) is 0 Å². The molecule has 1 aliphatic rings. The van der Waals surface area contributed by atoms with Crippen molar-refractivity contribution in [2.75, 3.05) is 6.61 Å². The van der Waals surface area contributed by atoms with Crippen molar-refractivity contribution < 1.29 is 29.0 Å². The molecule has 2 amide bonds. The summed E-state index contributed by atoms with van der Waals surface area (Å²) in [7, 11) is 0. The molecule has 0 saturated carbocycles. The van der Waals surface area contributed by atoms with Crippen LogP contribution < -0.4 is 5.43 Å². The third-order valence-corrected chi connectivity index (χ3v) is 6.52. The van der Waals surface area contributed by atoms with E-state index in [1.54, 1.807) is 11.1 Å². The third kappa shape index (κ3) is 10.8. The molecule has 1 atom stereocenters. The molecule has 9 nitrogen and oxygen atoms in total. The van der Waals surface area contributed by atoms with E-state index in [2.05, 4.69) is 10.5 Å².